The number of hydrogen-bond donors (Lipinski definition) is 6. The number of aromatic nitrogens is 3. The number of carbonyl (C=O) groups excluding carboxylic acids is 1. The molecule has 0 aliphatic rings. The van der Waals surface area contributed by atoms with Crippen LogP contribution in [0.2, 0.25) is 0 Å². The van der Waals surface area contributed by atoms with Gasteiger partial charge in [0.2, 0.25) is 11.0 Å². The molecule has 3 heterocycles. The maximum Gasteiger partial charge on any atom is 0.253 e. The molecular weight excluding hydrogens is 744 g/mol. The van der Waals surface area contributed by atoms with E-state index in [0.717, 1.165) is 84.8 Å². The zero-order valence-corrected chi connectivity index (χ0v) is 33.5. The zero-order chi connectivity index (χ0) is 40.2. The molecule has 0 atom stereocenters. The van der Waals surface area contributed by atoms with Gasteiger partial charge in [0, 0.05) is 73.7 Å². The van der Waals surface area contributed by atoms with E-state index in [4.69, 9.17) is 28.7 Å². The lowest BCUT2D eigenvalue weighted by atomic mass is 10.0. The quantitative estimate of drug-likeness (QED) is 0.0642. The minimum absolute atomic E-state index is 0. The van der Waals surface area contributed by atoms with E-state index in [-0.39, 0.29) is 18.3 Å². The molecule has 11 N–H and O–H groups in total. The molecule has 0 aliphatic carbocycles. The van der Waals surface area contributed by atoms with Crippen LogP contribution in [0.5, 0.6) is 0 Å². The topological polar surface area (TPSA) is 192 Å². The number of nitrogen functional groups attached to an aromatic ring is 5. The van der Waals surface area contributed by atoms with E-state index in [1.165, 1.54) is 10.8 Å². The summed E-state index contributed by atoms with van der Waals surface area (Å²) in [5.41, 5.74) is 39.1. The number of aryl methyl sites for hydroxylation is 1. The van der Waals surface area contributed by atoms with Crippen molar-refractivity contribution < 1.29 is 21.8 Å². The van der Waals surface area contributed by atoms with Crippen LogP contribution in [0.25, 0.3) is 65.4 Å². The molecule has 0 bridgehead atoms. The van der Waals surface area contributed by atoms with Crippen molar-refractivity contribution in [1.29, 1.82) is 0 Å². The maximum atomic E-state index is 12.5. The first-order valence-corrected chi connectivity index (χ1v) is 18.7. The van der Waals surface area contributed by atoms with Crippen LogP contribution in [0, 0.1) is 0 Å². The fraction of sp³-hybridized carbons (Fsp3) is 0.130. The molecule has 12 heteroatoms. The summed E-state index contributed by atoms with van der Waals surface area (Å²) in [6, 6.07) is 40.9. The van der Waals surface area contributed by atoms with Crippen LogP contribution in [-0.2, 0) is 7.05 Å². The number of fused-ring (bicyclic) bond motifs is 6. The van der Waals surface area contributed by atoms with Gasteiger partial charge in [0.1, 0.15) is 7.05 Å². The molecule has 294 valence electrons. The van der Waals surface area contributed by atoms with E-state index in [9.17, 15) is 4.79 Å². The number of benzene rings is 6. The Morgan fingerprint density at radius 1 is 0.603 bits per heavy atom. The number of pyridine rings is 3. The molecule has 0 fully saturated rings. The second kappa shape index (κ2) is 17.5. The van der Waals surface area contributed by atoms with Crippen LogP contribution in [0.4, 0.5) is 28.4 Å². The van der Waals surface area contributed by atoms with Gasteiger partial charge in [-0.1, -0.05) is 42.5 Å². The number of para-hydroxylation sites is 2. The Hall–Kier alpha value is -6.95. The zero-order valence-electron chi connectivity index (χ0n) is 32.7. The summed E-state index contributed by atoms with van der Waals surface area (Å²) >= 11 is 0. The number of nitrogens with one attached hydrogen (secondary N) is 1. The lowest BCUT2D eigenvalue weighted by Crippen LogP contribution is -3.00. The van der Waals surface area contributed by atoms with Gasteiger partial charge in [0.05, 0.1) is 33.3 Å². The van der Waals surface area contributed by atoms with Crippen molar-refractivity contribution >= 4 is 99.8 Å². The van der Waals surface area contributed by atoms with Gasteiger partial charge in [-0.2, -0.15) is 4.57 Å². The van der Waals surface area contributed by atoms with Crippen LogP contribution < -0.4 is 51.0 Å². The molecule has 1 amide bonds. The van der Waals surface area contributed by atoms with E-state index in [1.54, 1.807) is 6.07 Å². The Labute approximate surface area is 342 Å². The van der Waals surface area contributed by atoms with E-state index in [2.05, 4.69) is 36.9 Å². The molecule has 58 heavy (non-hydrogen) atoms. The minimum atomic E-state index is -0.110. The first kappa shape index (κ1) is 40.7. The summed E-state index contributed by atoms with van der Waals surface area (Å²) in [5, 5.41) is 9.23. The molecular formula is C46H47ClN10O. The molecule has 0 saturated carbocycles. The average molecular weight is 791 g/mol. The van der Waals surface area contributed by atoms with E-state index < -0.39 is 0 Å². The van der Waals surface area contributed by atoms with Crippen LogP contribution >= 0.6 is 0 Å². The molecule has 9 aromatic rings. The fourth-order valence-corrected chi connectivity index (χ4v) is 6.92. The predicted octanol–water partition coefficient (Wildman–Crippen LogP) is 4.19. The number of carbonyl (C=O) groups is 1. The molecule has 0 aliphatic heterocycles. The van der Waals surface area contributed by atoms with E-state index >= 15 is 0 Å². The number of nitrogens with zero attached hydrogens (tertiary/aromatic N) is 4. The third kappa shape index (κ3) is 8.86. The summed E-state index contributed by atoms with van der Waals surface area (Å²) in [5.74, 6) is -0.110. The lowest BCUT2D eigenvalue weighted by molar-refractivity contribution is -0.617. The van der Waals surface area contributed by atoms with Crippen molar-refractivity contribution in [3.63, 3.8) is 0 Å². The average Bonchev–Trinajstić information content (AvgIpc) is 3.20. The van der Waals surface area contributed by atoms with Crippen molar-refractivity contribution in [2.45, 2.75) is 6.42 Å². The highest BCUT2D eigenvalue weighted by atomic mass is 35.5. The molecule has 0 spiro atoms. The number of amides is 1. The van der Waals surface area contributed by atoms with Gasteiger partial charge >= 0.3 is 0 Å². The number of halogens is 1. The van der Waals surface area contributed by atoms with Crippen LogP contribution in [0.3, 0.4) is 0 Å². The molecule has 6 aromatic carbocycles. The van der Waals surface area contributed by atoms with Crippen molar-refractivity contribution in [1.82, 2.24) is 20.2 Å². The number of nitrogens with two attached hydrogens (primary N) is 5. The molecule has 0 unspecified atom stereocenters. The Morgan fingerprint density at radius 3 is 1.71 bits per heavy atom. The summed E-state index contributed by atoms with van der Waals surface area (Å²) < 4.78 is 2.12. The maximum absolute atomic E-state index is 12.5. The number of anilines is 5. The first-order valence-electron chi connectivity index (χ1n) is 18.7. The minimum Gasteiger partial charge on any atom is -1.00 e. The van der Waals surface area contributed by atoms with Gasteiger partial charge < -0.3 is 51.3 Å². The van der Waals surface area contributed by atoms with Crippen molar-refractivity contribution in [3.8, 4) is 0 Å². The normalized spacial score (nSPS) is 11.0. The summed E-state index contributed by atoms with van der Waals surface area (Å²) in [4.78, 5) is 23.8. The second-order valence-corrected chi connectivity index (χ2v) is 14.4. The second-order valence-electron chi connectivity index (χ2n) is 14.4. The largest absolute Gasteiger partial charge is 1.00 e. The Bertz CT molecular complexity index is 2840. The Balaban J connectivity index is 0.000000149. The molecule has 0 saturated heterocycles. The van der Waals surface area contributed by atoms with Gasteiger partial charge in [0.15, 0.2) is 0 Å². The van der Waals surface area contributed by atoms with E-state index in [1.807, 2.05) is 130 Å². The Kier molecular flexibility index (Phi) is 12.3. The summed E-state index contributed by atoms with van der Waals surface area (Å²) in [7, 11) is 6.07. The fourth-order valence-electron chi connectivity index (χ4n) is 6.92. The molecule has 9 rings (SSSR count). The standard InChI is InChI=1S/C19H22N4O.C14H13N3.C13H11N3.ClH/c1-23(2)12-6-11-21-19(24)15-9-5-8-14-17(20)13-7-3-4-10-16(13)22-18(14)15;1-17-13-7-11(15)4-2-9(13)6-10-3-5-12(16)8-14(10)17;14-10-3-1-8-5-9-2-4-11(15)7-13(9)16-12(8)6-10;/h3-5,7-10H,6,11-12H2,1-2H3,(H2,20,22)(H,21,24);2-8H,1H3,(H3,15,16);1-7H,14-15H2;1H. The predicted molar refractivity (Wildman–Crippen MR) is 239 cm³/mol. The number of rotatable bonds is 5. The van der Waals surface area contributed by atoms with E-state index in [0.29, 0.717) is 23.3 Å². The van der Waals surface area contributed by atoms with Gasteiger partial charge in [-0.05, 0) is 99.9 Å². The highest BCUT2D eigenvalue weighted by molar-refractivity contribution is 6.13. The first-order chi connectivity index (χ1) is 27.4. The summed E-state index contributed by atoms with van der Waals surface area (Å²) in [6.07, 6.45) is 0.905. The van der Waals surface area contributed by atoms with Crippen LogP contribution in [0.15, 0.2) is 127 Å². The van der Waals surface area contributed by atoms with Crippen molar-refractivity contribution in [2.75, 3.05) is 55.9 Å². The molecule has 11 nitrogen and oxygen atoms in total. The van der Waals surface area contributed by atoms with Crippen LogP contribution in [0.1, 0.15) is 16.8 Å². The highest BCUT2D eigenvalue weighted by Gasteiger charge is 2.15. The SMILES string of the molecule is CN(C)CCCNC(=O)c1cccc2c(N)c3ccccc3nc12.C[n+]1c2cc(N)ccc2cc2ccc(N)cc21.Nc1ccc2cc3ccc(N)cc3nc2c1.[Cl-]. The van der Waals surface area contributed by atoms with Crippen molar-refractivity contribution in [2.24, 2.45) is 7.05 Å². The van der Waals surface area contributed by atoms with Crippen LogP contribution in [-0.4, -0.2) is 48.0 Å². The number of hydrogen-bond acceptors (Lipinski definition) is 9. The Morgan fingerprint density at radius 2 is 1.12 bits per heavy atom. The molecule has 3 aromatic heterocycles. The van der Waals surface area contributed by atoms with Gasteiger partial charge in [-0.15, -0.1) is 0 Å². The van der Waals surface area contributed by atoms with Gasteiger partial charge in [-0.25, -0.2) is 9.97 Å². The lowest BCUT2D eigenvalue weighted by Gasteiger charge is -2.12. The summed E-state index contributed by atoms with van der Waals surface area (Å²) in [6.45, 7) is 1.57. The molecule has 0 radical (unpaired) electrons. The highest BCUT2D eigenvalue weighted by Crippen LogP contribution is 2.30. The monoisotopic (exact) mass is 790 g/mol. The van der Waals surface area contributed by atoms with Crippen molar-refractivity contribution in [3.05, 3.63) is 133 Å². The third-order valence-electron chi connectivity index (χ3n) is 9.87. The smallest absolute Gasteiger partial charge is 0.253 e. The van der Waals surface area contributed by atoms with Gasteiger partial charge in [-0.3, -0.25) is 4.79 Å². The third-order valence-corrected chi connectivity index (χ3v) is 9.87. The van der Waals surface area contributed by atoms with Gasteiger partial charge in [0.25, 0.3) is 5.91 Å².